The van der Waals surface area contributed by atoms with Crippen molar-refractivity contribution in [3.63, 3.8) is 0 Å². The fourth-order valence-corrected chi connectivity index (χ4v) is 4.46. The van der Waals surface area contributed by atoms with Crippen LogP contribution in [0.25, 0.3) is 10.9 Å². The molecule has 2 N–H and O–H groups in total. The van der Waals surface area contributed by atoms with Gasteiger partial charge in [-0.3, -0.25) is 9.59 Å². The Hall–Kier alpha value is -3.61. The lowest BCUT2D eigenvalue weighted by atomic mass is 10.0. The predicted molar refractivity (Wildman–Crippen MR) is 121 cm³/mol. The molecule has 32 heavy (non-hydrogen) atoms. The van der Waals surface area contributed by atoms with Crippen molar-refractivity contribution in [1.82, 2.24) is 14.8 Å². The number of carboxylic acid groups (broad SMARTS) is 1. The van der Waals surface area contributed by atoms with Gasteiger partial charge in [0.05, 0.1) is 0 Å². The zero-order valence-corrected chi connectivity index (χ0v) is 18.2. The molecule has 2 amide bonds. The molecule has 1 saturated heterocycles. The number of hydrogen-bond donors (Lipinski definition) is 2. The smallest absolute Gasteiger partial charge is 0.326 e. The van der Waals surface area contributed by atoms with E-state index in [1.54, 1.807) is 0 Å². The second-order valence-corrected chi connectivity index (χ2v) is 8.39. The van der Waals surface area contributed by atoms with E-state index >= 15 is 0 Å². The highest BCUT2D eigenvalue weighted by Crippen LogP contribution is 2.22. The normalized spacial score (nSPS) is 16.8. The molecule has 4 rings (SSSR count). The molecule has 1 aliphatic heterocycles. The zero-order valence-electron chi connectivity index (χ0n) is 18.2. The summed E-state index contributed by atoms with van der Waals surface area (Å²) in [5, 5.41) is 13.4. The minimum atomic E-state index is -1.01. The maximum Gasteiger partial charge on any atom is 0.326 e. The van der Waals surface area contributed by atoms with Gasteiger partial charge in [0.2, 0.25) is 5.91 Å². The maximum atomic E-state index is 13.4. The minimum Gasteiger partial charge on any atom is -0.480 e. The number of aliphatic carboxylic acids is 1. The van der Waals surface area contributed by atoms with E-state index < -0.39 is 18.1 Å². The molecule has 0 radical (unpaired) electrons. The van der Waals surface area contributed by atoms with Crippen LogP contribution in [0.15, 0.2) is 54.6 Å². The monoisotopic (exact) mass is 433 g/mol. The van der Waals surface area contributed by atoms with Crippen LogP contribution < -0.4 is 5.32 Å². The number of likely N-dealkylation sites (tertiary alicyclic amines) is 1. The molecule has 7 nitrogen and oxygen atoms in total. The summed E-state index contributed by atoms with van der Waals surface area (Å²) in [6, 6.07) is 15.5. The van der Waals surface area contributed by atoms with Crippen molar-refractivity contribution in [2.75, 3.05) is 6.54 Å². The van der Waals surface area contributed by atoms with Gasteiger partial charge in [-0.2, -0.15) is 0 Å². The number of benzene rings is 2. The van der Waals surface area contributed by atoms with Crippen LogP contribution in [-0.4, -0.2) is 51.0 Å². The third-order valence-corrected chi connectivity index (χ3v) is 6.14. The number of rotatable bonds is 6. The molecule has 0 aliphatic carbocycles. The van der Waals surface area contributed by atoms with Gasteiger partial charge in [0, 0.05) is 30.9 Å². The summed E-state index contributed by atoms with van der Waals surface area (Å²) in [5.41, 5.74) is 3.37. The summed E-state index contributed by atoms with van der Waals surface area (Å²) in [4.78, 5) is 39.6. The number of aromatic nitrogens is 1. The van der Waals surface area contributed by atoms with Crippen molar-refractivity contribution >= 4 is 28.7 Å². The highest BCUT2D eigenvalue weighted by Gasteiger charge is 2.37. The number of carboxylic acids is 1. The topological polar surface area (TPSA) is 91.6 Å². The van der Waals surface area contributed by atoms with Gasteiger partial charge in [-0.05, 0) is 43.5 Å². The predicted octanol–water partition coefficient (Wildman–Crippen LogP) is 2.90. The van der Waals surface area contributed by atoms with E-state index in [0.29, 0.717) is 25.1 Å². The Labute approximate surface area is 186 Å². The average molecular weight is 434 g/mol. The molecule has 0 spiro atoms. The third-order valence-electron chi connectivity index (χ3n) is 6.14. The van der Waals surface area contributed by atoms with E-state index in [0.717, 1.165) is 22.0 Å². The van der Waals surface area contributed by atoms with Gasteiger partial charge < -0.3 is 19.9 Å². The van der Waals surface area contributed by atoms with Crippen LogP contribution >= 0.6 is 0 Å². The zero-order chi connectivity index (χ0) is 22.8. The number of carbonyl (C=O) groups excluding carboxylic acids is 2. The quantitative estimate of drug-likeness (QED) is 0.625. The molecule has 1 aromatic heterocycles. The van der Waals surface area contributed by atoms with Crippen molar-refractivity contribution in [3.8, 4) is 0 Å². The molecule has 1 aliphatic rings. The van der Waals surface area contributed by atoms with Crippen LogP contribution in [0.1, 0.15) is 34.5 Å². The second kappa shape index (κ2) is 8.86. The van der Waals surface area contributed by atoms with Crippen molar-refractivity contribution in [2.24, 2.45) is 7.05 Å². The molecule has 166 valence electrons. The van der Waals surface area contributed by atoms with E-state index in [1.807, 2.05) is 73.1 Å². The van der Waals surface area contributed by atoms with Gasteiger partial charge in [-0.15, -0.1) is 0 Å². The number of hydrogen-bond acceptors (Lipinski definition) is 3. The molecule has 0 bridgehead atoms. The summed E-state index contributed by atoms with van der Waals surface area (Å²) in [5.74, 6) is -1.73. The highest BCUT2D eigenvalue weighted by atomic mass is 16.4. The number of carbonyl (C=O) groups is 3. The van der Waals surface area contributed by atoms with Gasteiger partial charge in [0.25, 0.3) is 5.91 Å². The Morgan fingerprint density at radius 1 is 1.12 bits per heavy atom. The van der Waals surface area contributed by atoms with Crippen molar-refractivity contribution < 1.29 is 19.5 Å². The summed E-state index contributed by atoms with van der Waals surface area (Å²) in [7, 11) is 1.82. The van der Waals surface area contributed by atoms with E-state index in [9.17, 15) is 19.5 Å². The average Bonchev–Trinajstić information content (AvgIpc) is 3.38. The van der Waals surface area contributed by atoms with E-state index in [4.69, 9.17) is 0 Å². The SMILES string of the molecule is Cc1ccc2c(c1)cc(C(=O)NC(Cc1ccccc1)C(=O)N1CCCC1C(=O)O)n2C. The van der Waals surface area contributed by atoms with Crippen LogP contribution in [0, 0.1) is 6.92 Å². The van der Waals surface area contributed by atoms with E-state index in [-0.39, 0.29) is 18.2 Å². The summed E-state index contributed by atoms with van der Waals surface area (Å²) in [6.07, 6.45) is 1.35. The molecule has 2 atom stereocenters. The van der Waals surface area contributed by atoms with Crippen LogP contribution in [0.3, 0.4) is 0 Å². The molecule has 2 aromatic carbocycles. The summed E-state index contributed by atoms with van der Waals surface area (Å²) in [6.45, 7) is 2.37. The standard InChI is InChI=1S/C25H27N3O4/c1-16-10-11-20-18(13-16)15-22(27(20)2)23(29)26-19(14-17-7-4-3-5-8-17)24(30)28-12-6-9-21(28)25(31)32/h3-5,7-8,10-11,13,15,19,21H,6,9,12,14H2,1-2H3,(H,26,29)(H,31,32). The fourth-order valence-electron chi connectivity index (χ4n) is 4.46. The first kappa shape index (κ1) is 21.6. The molecule has 1 fully saturated rings. The van der Waals surface area contributed by atoms with Crippen molar-refractivity contribution in [1.29, 1.82) is 0 Å². The Morgan fingerprint density at radius 2 is 1.88 bits per heavy atom. The molecular weight excluding hydrogens is 406 g/mol. The van der Waals surface area contributed by atoms with Crippen LogP contribution in [-0.2, 0) is 23.1 Å². The van der Waals surface area contributed by atoms with Crippen molar-refractivity contribution in [3.05, 3.63) is 71.4 Å². The number of amides is 2. The molecule has 0 saturated carbocycles. The number of fused-ring (bicyclic) bond motifs is 1. The van der Waals surface area contributed by atoms with E-state index in [1.165, 1.54) is 4.90 Å². The molecule has 2 heterocycles. The van der Waals surface area contributed by atoms with Crippen LogP contribution in [0.2, 0.25) is 0 Å². The largest absolute Gasteiger partial charge is 0.480 e. The number of nitrogens with one attached hydrogen (secondary N) is 1. The van der Waals surface area contributed by atoms with Gasteiger partial charge in [0.1, 0.15) is 17.8 Å². The number of aryl methyl sites for hydroxylation is 2. The Bertz CT molecular complexity index is 1170. The first-order valence-corrected chi connectivity index (χ1v) is 10.8. The van der Waals surface area contributed by atoms with Crippen LogP contribution in [0.4, 0.5) is 0 Å². The lowest BCUT2D eigenvalue weighted by Gasteiger charge is -2.27. The van der Waals surface area contributed by atoms with E-state index in [2.05, 4.69) is 5.32 Å². The molecular formula is C25H27N3O4. The third kappa shape index (κ3) is 4.23. The minimum absolute atomic E-state index is 0.289. The maximum absolute atomic E-state index is 13.4. The Kier molecular flexibility index (Phi) is 5.99. The summed E-state index contributed by atoms with van der Waals surface area (Å²) < 4.78 is 1.81. The first-order valence-electron chi connectivity index (χ1n) is 10.8. The molecule has 7 heteroatoms. The first-order chi connectivity index (χ1) is 15.3. The van der Waals surface area contributed by atoms with Crippen LogP contribution in [0.5, 0.6) is 0 Å². The van der Waals surface area contributed by atoms with Gasteiger partial charge >= 0.3 is 5.97 Å². The Morgan fingerprint density at radius 3 is 2.59 bits per heavy atom. The summed E-state index contributed by atoms with van der Waals surface area (Å²) >= 11 is 0. The highest BCUT2D eigenvalue weighted by molar-refractivity contribution is 6.01. The lowest BCUT2D eigenvalue weighted by molar-refractivity contribution is -0.148. The fraction of sp³-hybridized carbons (Fsp3) is 0.320. The van der Waals surface area contributed by atoms with Crippen molar-refractivity contribution in [2.45, 2.75) is 38.3 Å². The Balaban J connectivity index is 1.63. The molecule has 2 unspecified atom stereocenters. The van der Waals surface area contributed by atoms with Gasteiger partial charge in [-0.25, -0.2) is 4.79 Å². The van der Waals surface area contributed by atoms with Gasteiger partial charge in [-0.1, -0.05) is 42.0 Å². The van der Waals surface area contributed by atoms with Gasteiger partial charge in [0.15, 0.2) is 0 Å². The lowest BCUT2D eigenvalue weighted by Crippen LogP contribution is -2.52. The second-order valence-electron chi connectivity index (χ2n) is 8.39. The number of nitrogens with zero attached hydrogens (tertiary/aromatic N) is 2. The molecule has 3 aromatic rings.